The van der Waals surface area contributed by atoms with Crippen LogP contribution in [-0.2, 0) is 4.74 Å². The van der Waals surface area contributed by atoms with Crippen molar-refractivity contribution in [1.82, 2.24) is 9.97 Å². The molecule has 0 bridgehead atoms. The minimum atomic E-state index is -0.308. The monoisotopic (exact) mass is 254 g/mol. The van der Waals surface area contributed by atoms with Crippen LogP contribution in [0.3, 0.4) is 0 Å². The van der Waals surface area contributed by atoms with Crippen LogP contribution in [0.2, 0.25) is 0 Å². The number of fused-ring (bicyclic) bond motifs is 1. The highest BCUT2D eigenvalue weighted by Gasteiger charge is 2.17. The smallest absolute Gasteiger partial charge is 0.348 e. The minimum absolute atomic E-state index is 0.308. The fourth-order valence-electron chi connectivity index (χ4n) is 1.47. The fourth-order valence-corrected chi connectivity index (χ4v) is 2.89. The quantitative estimate of drug-likeness (QED) is 0.661. The first-order chi connectivity index (χ1) is 7.65. The van der Waals surface area contributed by atoms with Crippen LogP contribution in [0.25, 0.3) is 10.2 Å². The lowest BCUT2D eigenvalue weighted by atomic mass is 10.2. The van der Waals surface area contributed by atoms with E-state index < -0.39 is 0 Å². The fraction of sp³-hybridized carbons (Fsp3) is 0.300. The van der Waals surface area contributed by atoms with Gasteiger partial charge in [-0.1, -0.05) is 12.2 Å². The lowest BCUT2D eigenvalue weighted by Gasteiger charge is -1.98. The number of thiophene rings is 1. The van der Waals surface area contributed by atoms with E-state index in [1.165, 1.54) is 17.7 Å². The summed E-state index contributed by atoms with van der Waals surface area (Å²) < 4.78 is 5.58. The summed E-state index contributed by atoms with van der Waals surface area (Å²) in [5, 5.41) is 0.838. The molecule has 2 rings (SSSR count). The molecular weight excluding hydrogens is 244 g/mol. The Morgan fingerprint density at radius 3 is 3.06 bits per heavy atom. The van der Waals surface area contributed by atoms with Gasteiger partial charge in [0.1, 0.15) is 14.3 Å². The van der Waals surface area contributed by atoms with Crippen molar-refractivity contribution in [3.8, 4) is 0 Å². The van der Waals surface area contributed by atoms with E-state index in [1.807, 2.05) is 6.92 Å². The lowest BCUT2D eigenvalue weighted by molar-refractivity contribution is 0.0531. The van der Waals surface area contributed by atoms with E-state index in [-0.39, 0.29) is 5.97 Å². The zero-order chi connectivity index (χ0) is 11.7. The van der Waals surface area contributed by atoms with E-state index in [0.29, 0.717) is 16.1 Å². The Balaban J connectivity index is 2.65. The van der Waals surface area contributed by atoms with Crippen LogP contribution in [0.1, 0.15) is 22.2 Å². The van der Waals surface area contributed by atoms with Gasteiger partial charge in [0.2, 0.25) is 0 Å². The van der Waals surface area contributed by atoms with Crippen LogP contribution in [0.15, 0.2) is 6.33 Å². The number of aromatic nitrogens is 2. The molecule has 84 valence electrons. The summed E-state index contributed by atoms with van der Waals surface area (Å²) in [5.74, 6) is -0.308. The van der Waals surface area contributed by atoms with Gasteiger partial charge in [-0.15, -0.1) is 11.3 Å². The number of H-pyrrole nitrogens is 1. The van der Waals surface area contributed by atoms with Crippen molar-refractivity contribution >= 4 is 39.7 Å². The molecule has 4 nitrogen and oxygen atoms in total. The van der Waals surface area contributed by atoms with Crippen LogP contribution in [-0.4, -0.2) is 22.5 Å². The number of nitrogens with one attached hydrogen (secondary N) is 1. The number of aromatic amines is 1. The number of ether oxygens (including phenoxy) is 1. The molecule has 2 aromatic heterocycles. The van der Waals surface area contributed by atoms with Crippen molar-refractivity contribution in [2.24, 2.45) is 0 Å². The molecule has 0 saturated carbocycles. The number of nitrogens with zero attached hydrogens (tertiary/aromatic N) is 1. The second-order valence-electron chi connectivity index (χ2n) is 3.19. The predicted octanol–water partition coefficient (Wildman–Crippen LogP) is 2.84. The molecule has 0 aliphatic carbocycles. The van der Waals surface area contributed by atoms with Crippen molar-refractivity contribution in [3.63, 3.8) is 0 Å². The van der Waals surface area contributed by atoms with E-state index in [0.717, 1.165) is 15.8 Å². The molecular formula is C10H10N2O2S2. The van der Waals surface area contributed by atoms with Crippen LogP contribution < -0.4 is 0 Å². The normalized spacial score (nSPS) is 10.6. The lowest BCUT2D eigenvalue weighted by Crippen LogP contribution is -2.03. The maximum Gasteiger partial charge on any atom is 0.348 e. The third kappa shape index (κ3) is 1.74. The number of aryl methyl sites for hydroxylation is 1. The molecule has 0 fully saturated rings. The Morgan fingerprint density at radius 2 is 2.44 bits per heavy atom. The first-order valence-electron chi connectivity index (χ1n) is 4.79. The first kappa shape index (κ1) is 11.2. The Morgan fingerprint density at radius 1 is 1.69 bits per heavy atom. The summed E-state index contributed by atoms with van der Waals surface area (Å²) in [6.07, 6.45) is 1.54. The Kier molecular flexibility index (Phi) is 3.02. The zero-order valence-electron chi connectivity index (χ0n) is 8.86. The van der Waals surface area contributed by atoms with Gasteiger partial charge in [0.15, 0.2) is 0 Å². The number of esters is 1. The largest absolute Gasteiger partial charge is 0.462 e. The van der Waals surface area contributed by atoms with E-state index >= 15 is 0 Å². The highest BCUT2D eigenvalue weighted by atomic mass is 32.1. The molecule has 0 aromatic carbocycles. The zero-order valence-corrected chi connectivity index (χ0v) is 10.5. The molecule has 0 saturated heterocycles. The third-order valence-corrected chi connectivity index (χ3v) is 3.70. The third-order valence-electron chi connectivity index (χ3n) is 2.19. The van der Waals surface area contributed by atoms with E-state index in [1.54, 1.807) is 6.92 Å². The van der Waals surface area contributed by atoms with Crippen LogP contribution in [0.4, 0.5) is 0 Å². The molecule has 0 atom stereocenters. The molecule has 0 unspecified atom stereocenters. The maximum absolute atomic E-state index is 11.7. The molecule has 1 N–H and O–H groups in total. The summed E-state index contributed by atoms with van der Waals surface area (Å²) in [7, 11) is 0. The predicted molar refractivity (Wildman–Crippen MR) is 65.5 cm³/mol. The van der Waals surface area contributed by atoms with Crippen molar-refractivity contribution in [1.29, 1.82) is 0 Å². The second kappa shape index (κ2) is 4.31. The second-order valence-corrected chi connectivity index (χ2v) is 4.60. The number of carbonyl (C=O) groups is 1. The van der Waals surface area contributed by atoms with Gasteiger partial charge >= 0.3 is 5.97 Å². The molecule has 2 heterocycles. The molecule has 0 aliphatic rings. The summed E-state index contributed by atoms with van der Waals surface area (Å²) in [5.41, 5.74) is 0.841. The molecule has 2 aromatic rings. The molecule has 6 heteroatoms. The van der Waals surface area contributed by atoms with Crippen molar-refractivity contribution < 1.29 is 9.53 Å². The van der Waals surface area contributed by atoms with Crippen molar-refractivity contribution in [3.05, 3.63) is 21.4 Å². The van der Waals surface area contributed by atoms with E-state index in [2.05, 4.69) is 9.97 Å². The Bertz CT molecular complexity index is 600. The van der Waals surface area contributed by atoms with E-state index in [9.17, 15) is 4.79 Å². The summed E-state index contributed by atoms with van der Waals surface area (Å²) in [4.78, 5) is 20.0. The number of rotatable bonds is 2. The van der Waals surface area contributed by atoms with Crippen LogP contribution in [0.5, 0.6) is 0 Å². The minimum Gasteiger partial charge on any atom is -0.462 e. The SMILES string of the molecule is CCOC(=O)c1sc2nc[nH]c(=S)c2c1C. The molecule has 16 heavy (non-hydrogen) atoms. The topological polar surface area (TPSA) is 55.0 Å². The number of hydrogen-bond acceptors (Lipinski definition) is 5. The molecule has 0 amide bonds. The average molecular weight is 254 g/mol. The number of carbonyl (C=O) groups excluding carboxylic acids is 1. The highest BCUT2D eigenvalue weighted by Crippen LogP contribution is 2.29. The van der Waals surface area contributed by atoms with Gasteiger partial charge < -0.3 is 9.72 Å². The Hall–Kier alpha value is -1.27. The van der Waals surface area contributed by atoms with E-state index in [4.69, 9.17) is 17.0 Å². The Labute approximate surface area is 101 Å². The van der Waals surface area contributed by atoms with Gasteiger partial charge in [0, 0.05) is 5.39 Å². The van der Waals surface area contributed by atoms with Crippen molar-refractivity contribution in [2.45, 2.75) is 13.8 Å². The average Bonchev–Trinajstić information content (AvgIpc) is 2.58. The molecule has 0 spiro atoms. The summed E-state index contributed by atoms with van der Waals surface area (Å²) >= 11 is 6.48. The summed E-state index contributed by atoms with van der Waals surface area (Å²) in [6.45, 7) is 4.01. The van der Waals surface area contributed by atoms with Gasteiger partial charge in [-0.25, -0.2) is 9.78 Å². The first-order valence-corrected chi connectivity index (χ1v) is 6.01. The van der Waals surface area contributed by atoms with Crippen LogP contribution in [0, 0.1) is 11.6 Å². The van der Waals surface area contributed by atoms with Gasteiger partial charge in [0.25, 0.3) is 0 Å². The van der Waals surface area contributed by atoms with Crippen LogP contribution >= 0.6 is 23.6 Å². The van der Waals surface area contributed by atoms with Gasteiger partial charge in [-0.05, 0) is 19.4 Å². The van der Waals surface area contributed by atoms with Gasteiger partial charge in [-0.3, -0.25) is 0 Å². The molecule has 0 radical (unpaired) electrons. The van der Waals surface area contributed by atoms with Gasteiger partial charge in [-0.2, -0.15) is 0 Å². The van der Waals surface area contributed by atoms with Crippen molar-refractivity contribution in [2.75, 3.05) is 6.61 Å². The van der Waals surface area contributed by atoms with Gasteiger partial charge in [0.05, 0.1) is 12.9 Å². The standard InChI is InChI=1S/C10H10N2O2S2/c1-3-14-10(13)7-5(2)6-8(15)11-4-12-9(6)16-7/h4H,3H2,1-2H3,(H,11,12,15). The molecule has 0 aliphatic heterocycles. The summed E-state index contributed by atoms with van der Waals surface area (Å²) in [6, 6.07) is 0. The number of hydrogen-bond donors (Lipinski definition) is 1. The highest BCUT2D eigenvalue weighted by molar-refractivity contribution is 7.71. The maximum atomic E-state index is 11.7.